The Morgan fingerprint density at radius 2 is 2.05 bits per heavy atom. The second kappa shape index (κ2) is 6.75. The van der Waals surface area contributed by atoms with Gasteiger partial charge in [0.05, 0.1) is 6.61 Å². The smallest absolute Gasteiger partial charge is 0.330 e. The Bertz CT molecular complexity index is 544. The lowest BCUT2D eigenvalue weighted by Crippen LogP contribution is -2.03. The largest absolute Gasteiger partial charge is 0.462 e. The minimum Gasteiger partial charge on any atom is -0.462 e. The van der Waals surface area contributed by atoms with E-state index in [0.717, 1.165) is 12.0 Å². The van der Waals surface area contributed by atoms with Crippen LogP contribution < -0.4 is 5.73 Å². The highest BCUT2D eigenvalue weighted by atomic mass is 32.1. The minimum atomic E-state index is -0.326. The fourth-order valence-corrected chi connectivity index (χ4v) is 2.22. The number of anilines is 1. The Morgan fingerprint density at radius 3 is 2.74 bits per heavy atom. The van der Waals surface area contributed by atoms with Gasteiger partial charge in [-0.2, -0.15) is 0 Å². The summed E-state index contributed by atoms with van der Waals surface area (Å²) in [6.07, 6.45) is 3.91. The highest BCUT2D eigenvalue weighted by Crippen LogP contribution is 2.09. The third-order valence-corrected chi connectivity index (χ3v) is 3.46. The number of ether oxygens (including phenoxy) is 1. The van der Waals surface area contributed by atoms with Gasteiger partial charge < -0.3 is 10.5 Å². The molecule has 4 heteroatoms. The molecule has 0 saturated carbocycles. The van der Waals surface area contributed by atoms with Gasteiger partial charge in [0.1, 0.15) is 0 Å². The van der Waals surface area contributed by atoms with E-state index in [2.05, 4.69) is 0 Å². The van der Waals surface area contributed by atoms with Gasteiger partial charge in [-0.1, -0.05) is 18.2 Å². The van der Waals surface area contributed by atoms with Gasteiger partial charge in [-0.15, -0.1) is 11.3 Å². The van der Waals surface area contributed by atoms with Crippen LogP contribution in [0, 0.1) is 0 Å². The summed E-state index contributed by atoms with van der Waals surface area (Å²) >= 11 is 1.66. The standard InChI is InChI=1S/C15H15NO2S/c16-13-6-3-12(4-7-13)5-8-15(17)18-10-9-14-2-1-11-19-14/h1-8,11H,9-10,16H2/b8-5+. The maximum absolute atomic E-state index is 11.5. The number of rotatable bonds is 5. The highest BCUT2D eigenvalue weighted by Gasteiger charge is 1.98. The van der Waals surface area contributed by atoms with Crippen LogP contribution in [0.25, 0.3) is 6.08 Å². The Hall–Kier alpha value is -2.07. The summed E-state index contributed by atoms with van der Waals surface area (Å²) in [5.74, 6) is -0.326. The molecular weight excluding hydrogens is 258 g/mol. The van der Waals surface area contributed by atoms with Crippen molar-refractivity contribution in [3.05, 3.63) is 58.3 Å². The molecule has 1 aromatic carbocycles. The Labute approximate surface area is 116 Å². The molecule has 1 heterocycles. The zero-order chi connectivity index (χ0) is 13.5. The number of benzene rings is 1. The van der Waals surface area contributed by atoms with Gasteiger partial charge in [0, 0.05) is 23.1 Å². The maximum atomic E-state index is 11.5. The third-order valence-electron chi connectivity index (χ3n) is 2.52. The van der Waals surface area contributed by atoms with E-state index in [1.165, 1.54) is 11.0 Å². The number of nitrogen functional groups attached to an aromatic ring is 1. The fourth-order valence-electron chi connectivity index (χ4n) is 1.53. The van der Waals surface area contributed by atoms with E-state index in [0.29, 0.717) is 12.3 Å². The number of thiophene rings is 1. The molecule has 19 heavy (non-hydrogen) atoms. The molecule has 2 aromatic rings. The highest BCUT2D eigenvalue weighted by molar-refractivity contribution is 7.09. The van der Waals surface area contributed by atoms with E-state index < -0.39 is 0 Å². The van der Waals surface area contributed by atoms with Gasteiger partial charge in [0.2, 0.25) is 0 Å². The van der Waals surface area contributed by atoms with E-state index in [1.807, 2.05) is 29.6 Å². The van der Waals surface area contributed by atoms with Crippen molar-refractivity contribution in [1.82, 2.24) is 0 Å². The van der Waals surface area contributed by atoms with Crippen molar-refractivity contribution in [2.24, 2.45) is 0 Å². The molecule has 0 aliphatic heterocycles. The first kappa shape index (κ1) is 13.4. The normalized spacial score (nSPS) is 10.7. The van der Waals surface area contributed by atoms with Gasteiger partial charge in [-0.3, -0.25) is 0 Å². The van der Waals surface area contributed by atoms with Gasteiger partial charge in [-0.25, -0.2) is 4.79 Å². The zero-order valence-electron chi connectivity index (χ0n) is 10.4. The van der Waals surface area contributed by atoms with Crippen LogP contribution in [-0.2, 0) is 16.0 Å². The first-order chi connectivity index (χ1) is 9.24. The molecule has 0 atom stereocenters. The molecule has 0 spiro atoms. The summed E-state index contributed by atoms with van der Waals surface area (Å²) in [5.41, 5.74) is 7.21. The molecule has 0 fully saturated rings. The van der Waals surface area contributed by atoms with Crippen molar-refractivity contribution < 1.29 is 9.53 Å². The molecule has 98 valence electrons. The van der Waals surface area contributed by atoms with Crippen molar-refractivity contribution in [2.45, 2.75) is 6.42 Å². The topological polar surface area (TPSA) is 52.3 Å². The van der Waals surface area contributed by atoms with E-state index in [1.54, 1.807) is 29.5 Å². The van der Waals surface area contributed by atoms with Crippen LogP contribution in [0.3, 0.4) is 0 Å². The molecule has 0 saturated heterocycles. The molecule has 0 aliphatic rings. The Kier molecular flexibility index (Phi) is 4.75. The van der Waals surface area contributed by atoms with Crippen LogP contribution >= 0.6 is 11.3 Å². The summed E-state index contributed by atoms with van der Waals surface area (Å²) in [6, 6.07) is 11.3. The molecule has 0 unspecified atom stereocenters. The summed E-state index contributed by atoms with van der Waals surface area (Å²) in [5, 5.41) is 2.01. The average molecular weight is 273 g/mol. The number of carbonyl (C=O) groups excluding carboxylic acids is 1. The predicted molar refractivity (Wildman–Crippen MR) is 78.9 cm³/mol. The third kappa shape index (κ3) is 4.60. The molecule has 0 aliphatic carbocycles. The Balaban J connectivity index is 1.76. The molecule has 3 nitrogen and oxygen atoms in total. The quantitative estimate of drug-likeness (QED) is 0.517. The van der Waals surface area contributed by atoms with E-state index in [-0.39, 0.29) is 5.97 Å². The van der Waals surface area contributed by atoms with Crippen molar-refractivity contribution in [2.75, 3.05) is 12.3 Å². The monoisotopic (exact) mass is 273 g/mol. The first-order valence-electron chi connectivity index (χ1n) is 5.97. The lowest BCUT2D eigenvalue weighted by molar-refractivity contribution is -0.137. The van der Waals surface area contributed by atoms with Crippen molar-refractivity contribution in [3.8, 4) is 0 Å². The molecule has 2 N–H and O–H groups in total. The van der Waals surface area contributed by atoms with E-state index in [4.69, 9.17) is 10.5 Å². The van der Waals surface area contributed by atoms with Crippen molar-refractivity contribution in [1.29, 1.82) is 0 Å². The van der Waals surface area contributed by atoms with Crippen LogP contribution in [0.4, 0.5) is 5.69 Å². The molecule has 1 aromatic heterocycles. The summed E-state index contributed by atoms with van der Waals surface area (Å²) in [7, 11) is 0. The number of carbonyl (C=O) groups is 1. The molecule has 0 amide bonds. The van der Waals surface area contributed by atoms with E-state index >= 15 is 0 Å². The minimum absolute atomic E-state index is 0.326. The fraction of sp³-hybridized carbons (Fsp3) is 0.133. The van der Waals surface area contributed by atoms with Crippen LogP contribution in [-0.4, -0.2) is 12.6 Å². The van der Waals surface area contributed by atoms with Crippen LogP contribution in [0.1, 0.15) is 10.4 Å². The van der Waals surface area contributed by atoms with Gasteiger partial charge in [0.15, 0.2) is 0 Å². The number of esters is 1. The molecule has 0 radical (unpaired) electrons. The predicted octanol–water partition coefficient (Wildman–Crippen LogP) is 3.13. The number of hydrogen-bond donors (Lipinski definition) is 1. The van der Waals surface area contributed by atoms with Gasteiger partial charge in [-0.05, 0) is 35.2 Å². The van der Waals surface area contributed by atoms with Crippen molar-refractivity contribution >= 4 is 29.1 Å². The Morgan fingerprint density at radius 1 is 1.26 bits per heavy atom. The lowest BCUT2D eigenvalue weighted by Gasteiger charge is -2.00. The van der Waals surface area contributed by atoms with Crippen LogP contribution in [0.5, 0.6) is 0 Å². The molecule has 2 rings (SSSR count). The zero-order valence-corrected chi connectivity index (χ0v) is 11.2. The second-order valence-corrected chi connectivity index (χ2v) is 5.03. The maximum Gasteiger partial charge on any atom is 0.330 e. The SMILES string of the molecule is Nc1ccc(/C=C/C(=O)OCCc2cccs2)cc1. The number of nitrogens with two attached hydrogens (primary N) is 1. The summed E-state index contributed by atoms with van der Waals surface area (Å²) in [4.78, 5) is 12.7. The summed E-state index contributed by atoms with van der Waals surface area (Å²) in [6.45, 7) is 0.408. The van der Waals surface area contributed by atoms with E-state index in [9.17, 15) is 4.79 Å². The van der Waals surface area contributed by atoms with Gasteiger partial charge >= 0.3 is 5.97 Å². The first-order valence-corrected chi connectivity index (χ1v) is 6.85. The second-order valence-electron chi connectivity index (χ2n) is 4.00. The number of hydrogen-bond acceptors (Lipinski definition) is 4. The molecular formula is C15H15NO2S. The van der Waals surface area contributed by atoms with Gasteiger partial charge in [0.25, 0.3) is 0 Å². The van der Waals surface area contributed by atoms with Crippen LogP contribution in [0.2, 0.25) is 0 Å². The van der Waals surface area contributed by atoms with Crippen LogP contribution in [0.15, 0.2) is 47.9 Å². The molecule has 0 bridgehead atoms. The van der Waals surface area contributed by atoms with Crippen molar-refractivity contribution in [3.63, 3.8) is 0 Å². The average Bonchev–Trinajstić information content (AvgIpc) is 2.91. The lowest BCUT2D eigenvalue weighted by atomic mass is 10.2. The summed E-state index contributed by atoms with van der Waals surface area (Å²) < 4.78 is 5.12.